The largest absolute Gasteiger partial charge is 0.0768 e. The predicted molar refractivity (Wildman–Crippen MR) is 29.4 cm³/mol. The highest BCUT2D eigenvalue weighted by Crippen LogP contribution is 2.59. The minimum atomic E-state index is 0.979. The molecule has 2 rings (SSSR count). The van der Waals surface area contributed by atoms with Gasteiger partial charge >= 0.3 is 0 Å². The first-order chi connectivity index (χ1) is 2.39. The number of fused-ring (bicyclic) bond motifs is 1. The summed E-state index contributed by atoms with van der Waals surface area (Å²) in [6, 6.07) is 0. The zero-order chi connectivity index (χ0) is 3.44. The third-order valence-corrected chi connectivity index (χ3v) is 2.67. The van der Waals surface area contributed by atoms with Crippen molar-refractivity contribution < 1.29 is 0 Å². The molecule has 0 nitrogen and oxygen atoms in total. The van der Waals surface area contributed by atoms with Crippen LogP contribution in [0.3, 0.4) is 0 Å². The summed E-state index contributed by atoms with van der Waals surface area (Å²) in [6.07, 6.45) is 2.32. The van der Waals surface area contributed by atoms with E-state index in [4.69, 9.17) is 0 Å². The highest BCUT2D eigenvalue weighted by atomic mass is 127. The zero-order valence-electron chi connectivity index (χ0n) is 2.61. The lowest BCUT2D eigenvalue weighted by Gasteiger charge is -1.70. The average Bonchev–Trinajstić information content (AvgIpc) is 2.11. The molecule has 0 saturated heterocycles. The fraction of sp³-hybridized carbons (Fsp3) is 0.500. The van der Waals surface area contributed by atoms with Crippen molar-refractivity contribution in [3.63, 3.8) is 0 Å². The van der Waals surface area contributed by atoms with E-state index in [1.54, 1.807) is 5.57 Å². The Bertz CT molecular complexity index is 104. The van der Waals surface area contributed by atoms with Crippen molar-refractivity contribution in [3.8, 4) is 0 Å². The Kier molecular flexibility index (Phi) is 0.256. The normalized spacial score (nSPS) is 54.2. The highest BCUT2D eigenvalue weighted by Gasteiger charge is 2.51. The summed E-state index contributed by atoms with van der Waals surface area (Å²) in [6.45, 7) is 0. The van der Waals surface area contributed by atoms with Crippen LogP contribution in [0.15, 0.2) is 11.6 Å². The van der Waals surface area contributed by atoms with Gasteiger partial charge in [-0.2, -0.15) is 0 Å². The van der Waals surface area contributed by atoms with Crippen molar-refractivity contribution in [1.82, 2.24) is 0 Å². The fourth-order valence-electron chi connectivity index (χ4n) is 0.485. The molecular formula is C4H3I. The Labute approximate surface area is 44.4 Å². The molecule has 0 amide bonds. The van der Waals surface area contributed by atoms with Gasteiger partial charge in [-0.25, -0.2) is 0 Å². The van der Waals surface area contributed by atoms with Crippen LogP contribution >= 0.6 is 22.6 Å². The SMILES string of the molecule is I[C@@H]1C2=C[C@H]21. The van der Waals surface area contributed by atoms with E-state index in [-0.39, 0.29) is 0 Å². The Hall–Kier alpha value is 0.470. The first-order valence-electron chi connectivity index (χ1n) is 1.75. The first-order valence-corrected chi connectivity index (χ1v) is 3.00. The second kappa shape index (κ2) is 0.491. The van der Waals surface area contributed by atoms with Crippen LogP contribution in [0.25, 0.3) is 0 Å². The lowest BCUT2D eigenvalue weighted by atomic mass is 10.6. The Morgan fingerprint density at radius 1 is 1.80 bits per heavy atom. The Balaban J connectivity index is 2.42. The third-order valence-electron chi connectivity index (χ3n) is 1.17. The smallest absolute Gasteiger partial charge is 0.0425 e. The summed E-state index contributed by atoms with van der Waals surface area (Å²) in [5.41, 5.74) is 1.70. The molecule has 0 aliphatic heterocycles. The van der Waals surface area contributed by atoms with Gasteiger partial charge in [-0.05, 0) is 0 Å². The maximum atomic E-state index is 2.46. The number of hydrogen-bond donors (Lipinski definition) is 0. The monoisotopic (exact) mass is 178 g/mol. The van der Waals surface area contributed by atoms with Crippen molar-refractivity contribution in [3.05, 3.63) is 11.6 Å². The van der Waals surface area contributed by atoms with Crippen molar-refractivity contribution in [1.29, 1.82) is 0 Å². The van der Waals surface area contributed by atoms with Crippen LogP contribution in [0, 0.1) is 5.92 Å². The molecular weight excluding hydrogens is 175 g/mol. The van der Waals surface area contributed by atoms with E-state index in [2.05, 4.69) is 28.7 Å². The lowest BCUT2D eigenvalue weighted by molar-refractivity contribution is 1.27. The molecule has 0 heterocycles. The summed E-state index contributed by atoms with van der Waals surface area (Å²) >= 11 is 2.46. The molecule has 1 saturated carbocycles. The quantitative estimate of drug-likeness (QED) is 0.298. The molecule has 2 aliphatic rings. The third kappa shape index (κ3) is 0.175. The van der Waals surface area contributed by atoms with Crippen molar-refractivity contribution in [2.75, 3.05) is 0 Å². The minimum Gasteiger partial charge on any atom is -0.0768 e. The number of halogens is 1. The molecule has 1 fully saturated rings. The molecule has 0 unspecified atom stereocenters. The molecule has 2 aliphatic carbocycles. The number of hydrogen-bond acceptors (Lipinski definition) is 0. The van der Waals surface area contributed by atoms with Gasteiger partial charge in [0.05, 0.1) is 0 Å². The Morgan fingerprint density at radius 3 is 2.20 bits per heavy atom. The van der Waals surface area contributed by atoms with Gasteiger partial charge in [0.2, 0.25) is 0 Å². The van der Waals surface area contributed by atoms with Crippen LogP contribution in [0.2, 0.25) is 0 Å². The number of allylic oxidation sites excluding steroid dienone is 2. The standard InChI is InChI=1S/C4H3I/c5-4-2-1-3(2)4/h1-2,4H/t2-,4+/m1/s1. The van der Waals surface area contributed by atoms with Crippen LogP contribution in [-0.2, 0) is 0 Å². The van der Waals surface area contributed by atoms with E-state index < -0.39 is 0 Å². The van der Waals surface area contributed by atoms with Crippen LogP contribution in [-0.4, -0.2) is 3.92 Å². The molecule has 0 aromatic heterocycles. The number of rotatable bonds is 0. The first kappa shape index (κ1) is 2.61. The second-order valence-electron chi connectivity index (χ2n) is 1.59. The molecule has 5 heavy (non-hydrogen) atoms. The van der Waals surface area contributed by atoms with Crippen molar-refractivity contribution >= 4 is 22.6 Å². The summed E-state index contributed by atoms with van der Waals surface area (Å²) < 4.78 is 0.979. The predicted octanol–water partition coefficient (Wildman–Crippen LogP) is 1.36. The molecule has 0 aromatic rings. The number of alkyl halides is 1. The van der Waals surface area contributed by atoms with Gasteiger partial charge < -0.3 is 0 Å². The van der Waals surface area contributed by atoms with Gasteiger partial charge in [0.15, 0.2) is 0 Å². The average molecular weight is 178 g/mol. The lowest BCUT2D eigenvalue weighted by Crippen LogP contribution is -1.66. The van der Waals surface area contributed by atoms with Gasteiger partial charge in [0, 0.05) is 9.84 Å². The van der Waals surface area contributed by atoms with Gasteiger partial charge in [-0.1, -0.05) is 34.2 Å². The van der Waals surface area contributed by atoms with Crippen LogP contribution in [0.4, 0.5) is 0 Å². The van der Waals surface area contributed by atoms with Gasteiger partial charge in [-0.3, -0.25) is 0 Å². The van der Waals surface area contributed by atoms with E-state index in [9.17, 15) is 0 Å². The highest BCUT2D eigenvalue weighted by molar-refractivity contribution is 14.1. The minimum absolute atomic E-state index is 0.979. The molecule has 2 atom stereocenters. The molecule has 0 aromatic carbocycles. The van der Waals surface area contributed by atoms with Crippen LogP contribution in [0.5, 0.6) is 0 Å². The maximum Gasteiger partial charge on any atom is 0.0425 e. The summed E-state index contributed by atoms with van der Waals surface area (Å²) in [5.74, 6) is 0.996. The molecule has 0 radical (unpaired) electrons. The molecule has 0 bridgehead atoms. The summed E-state index contributed by atoms with van der Waals surface area (Å²) in [4.78, 5) is 0. The van der Waals surface area contributed by atoms with E-state index in [0.717, 1.165) is 9.84 Å². The van der Waals surface area contributed by atoms with E-state index in [1.165, 1.54) is 0 Å². The molecule has 1 heteroatoms. The second-order valence-corrected chi connectivity index (χ2v) is 2.94. The van der Waals surface area contributed by atoms with E-state index >= 15 is 0 Å². The van der Waals surface area contributed by atoms with Gasteiger partial charge in [-0.15, -0.1) is 0 Å². The van der Waals surface area contributed by atoms with E-state index in [0.29, 0.717) is 0 Å². The zero-order valence-corrected chi connectivity index (χ0v) is 4.77. The van der Waals surface area contributed by atoms with Gasteiger partial charge in [0.25, 0.3) is 0 Å². The van der Waals surface area contributed by atoms with Crippen LogP contribution in [0.1, 0.15) is 0 Å². The maximum absolute atomic E-state index is 2.46. The van der Waals surface area contributed by atoms with Crippen LogP contribution < -0.4 is 0 Å². The van der Waals surface area contributed by atoms with Crippen molar-refractivity contribution in [2.24, 2.45) is 5.92 Å². The fourth-order valence-corrected chi connectivity index (χ4v) is 1.52. The summed E-state index contributed by atoms with van der Waals surface area (Å²) in [7, 11) is 0. The van der Waals surface area contributed by atoms with Gasteiger partial charge in [0.1, 0.15) is 0 Å². The molecule has 26 valence electrons. The van der Waals surface area contributed by atoms with Crippen molar-refractivity contribution in [2.45, 2.75) is 3.92 Å². The summed E-state index contributed by atoms with van der Waals surface area (Å²) in [5, 5.41) is 0. The molecule has 0 spiro atoms. The topological polar surface area (TPSA) is 0 Å². The Morgan fingerprint density at radius 2 is 2.20 bits per heavy atom. The molecule has 0 N–H and O–H groups in total. The van der Waals surface area contributed by atoms with E-state index in [1.807, 2.05) is 0 Å².